The monoisotopic (exact) mass is 464 g/mol. The minimum atomic E-state index is -0.222. The van der Waals surface area contributed by atoms with Crippen molar-refractivity contribution in [3.8, 4) is 0 Å². The number of rotatable bonds is 3. The molecule has 3 aliphatic heterocycles. The van der Waals surface area contributed by atoms with Crippen molar-refractivity contribution in [2.24, 2.45) is 11.8 Å². The maximum Gasteiger partial charge on any atom is 0.320 e. The molecule has 5 nitrogen and oxygen atoms in total. The van der Waals surface area contributed by atoms with Gasteiger partial charge in [0, 0.05) is 44.4 Å². The van der Waals surface area contributed by atoms with E-state index in [1.807, 2.05) is 21.9 Å². The van der Waals surface area contributed by atoms with Crippen LogP contribution >= 0.6 is 0 Å². The van der Waals surface area contributed by atoms with Crippen LogP contribution in [0.4, 0.5) is 9.18 Å². The number of hydrogen-bond donors (Lipinski definition) is 0. The smallest absolute Gasteiger partial charge is 0.320 e. The molecule has 3 saturated heterocycles. The number of benzene rings is 2. The topological polar surface area (TPSA) is 49.9 Å². The number of nitrogens with zero attached hydrogens (tertiary/aromatic N) is 2. The number of ether oxygens (including phenoxy) is 1. The second-order valence-electron chi connectivity index (χ2n) is 10.1. The number of fused-ring (bicyclic) bond motifs is 1. The first-order valence-electron chi connectivity index (χ1n) is 12.5. The number of carbonyl (C=O) groups excluding carboxylic acids is 2. The van der Waals surface area contributed by atoms with Gasteiger partial charge in [0.15, 0.2) is 5.78 Å². The lowest BCUT2D eigenvalue weighted by atomic mass is 9.76. The van der Waals surface area contributed by atoms with Crippen LogP contribution in [0, 0.1) is 24.6 Å². The van der Waals surface area contributed by atoms with Crippen molar-refractivity contribution in [2.45, 2.75) is 44.6 Å². The lowest BCUT2D eigenvalue weighted by molar-refractivity contribution is -0.140. The fourth-order valence-corrected chi connectivity index (χ4v) is 5.96. The fourth-order valence-electron chi connectivity index (χ4n) is 5.96. The molecule has 0 aliphatic carbocycles. The maximum atomic E-state index is 13.6. The average molecular weight is 465 g/mol. The Hall–Kier alpha value is -2.73. The third kappa shape index (κ3) is 4.88. The molecule has 0 bridgehead atoms. The highest BCUT2D eigenvalue weighted by Crippen LogP contribution is 2.38. The molecule has 0 aromatic heterocycles. The van der Waals surface area contributed by atoms with Gasteiger partial charge in [0.1, 0.15) is 12.4 Å². The minimum Gasteiger partial charge on any atom is -0.370 e. The molecular weight excluding hydrogens is 431 g/mol. The van der Waals surface area contributed by atoms with Gasteiger partial charge in [0.25, 0.3) is 0 Å². The maximum absolute atomic E-state index is 13.6. The molecule has 0 spiro atoms. The van der Waals surface area contributed by atoms with E-state index >= 15 is 0 Å². The Bertz CT molecular complexity index is 969. The highest BCUT2D eigenvalue weighted by atomic mass is 19.1. The molecule has 6 heteroatoms. The van der Waals surface area contributed by atoms with Gasteiger partial charge in [-0.1, -0.05) is 42.0 Å². The number of aryl methyl sites for hydroxylation is 1. The van der Waals surface area contributed by atoms with Gasteiger partial charge in [-0.15, -0.1) is 0 Å². The van der Waals surface area contributed by atoms with Crippen LogP contribution in [0.1, 0.15) is 48.3 Å². The van der Waals surface area contributed by atoms with Gasteiger partial charge in [-0.05, 0) is 55.4 Å². The second kappa shape index (κ2) is 9.87. The number of halogens is 1. The number of piperidine rings is 2. The Morgan fingerprint density at radius 2 is 1.56 bits per heavy atom. The van der Waals surface area contributed by atoms with Gasteiger partial charge >= 0.3 is 6.03 Å². The van der Waals surface area contributed by atoms with Crippen molar-refractivity contribution < 1.29 is 18.7 Å². The zero-order chi connectivity index (χ0) is 23.7. The Balaban J connectivity index is 1.26. The molecule has 5 rings (SSSR count). The van der Waals surface area contributed by atoms with Crippen molar-refractivity contribution in [1.82, 2.24) is 9.80 Å². The van der Waals surface area contributed by atoms with Crippen LogP contribution in [0.25, 0.3) is 0 Å². The predicted octanol–water partition coefficient (Wildman–Crippen LogP) is 4.78. The third-order valence-corrected chi connectivity index (χ3v) is 7.83. The number of hydrogen-bond acceptors (Lipinski definition) is 3. The molecule has 3 fully saturated rings. The number of amides is 2. The van der Waals surface area contributed by atoms with E-state index in [1.165, 1.54) is 11.1 Å². The molecule has 2 aromatic carbocycles. The van der Waals surface area contributed by atoms with E-state index in [-0.39, 0.29) is 42.2 Å². The predicted molar refractivity (Wildman–Crippen MR) is 128 cm³/mol. The summed E-state index contributed by atoms with van der Waals surface area (Å²) in [7, 11) is 0. The highest BCUT2D eigenvalue weighted by molar-refractivity contribution is 5.81. The standard InChI is InChI=1S/C28H33FN2O3/c1-19-2-4-20(5-3-19)27(21-6-8-24(29)9-7-21)22-10-13-30(14-11-22)28(33)31-15-12-26-23(17-31)16-25(32)18-34-26/h2-9,22-23,26-27H,10-18H2,1H3/t23-,26+,27-/m1/s1. The fraction of sp³-hybridized carbons (Fsp3) is 0.500. The van der Waals surface area contributed by atoms with Gasteiger partial charge in [0.2, 0.25) is 0 Å². The number of carbonyl (C=O) groups is 2. The molecule has 3 atom stereocenters. The Kier molecular flexibility index (Phi) is 6.68. The molecule has 0 saturated carbocycles. The quantitative estimate of drug-likeness (QED) is 0.657. The van der Waals surface area contributed by atoms with Crippen molar-refractivity contribution >= 4 is 11.8 Å². The summed E-state index contributed by atoms with van der Waals surface area (Å²) < 4.78 is 19.3. The summed E-state index contributed by atoms with van der Waals surface area (Å²) in [6.07, 6.45) is 3.25. The van der Waals surface area contributed by atoms with E-state index in [2.05, 4.69) is 31.2 Å². The first kappa shape index (κ1) is 23.0. The third-order valence-electron chi connectivity index (χ3n) is 7.83. The van der Waals surface area contributed by atoms with Crippen molar-refractivity contribution in [3.63, 3.8) is 0 Å². The molecule has 0 unspecified atom stereocenters. The second-order valence-corrected chi connectivity index (χ2v) is 10.1. The van der Waals surface area contributed by atoms with E-state index in [4.69, 9.17) is 4.74 Å². The first-order valence-corrected chi connectivity index (χ1v) is 12.5. The van der Waals surface area contributed by atoms with Gasteiger partial charge in [0.05, 0.1) is 6.10 Å². The summed E-state index contributed by atoms with van der Waals surface area (Å²) in [5.41, 5.74) is 3.58. The van der Waals surface area contributed by atoms with Gasteiger partial charge in [-0.25, -0.2) is 9.18 Å². The zero-order valence-electron chi connectivity index (χ0n) is 19.8. The van der Waals surface area contributed by atoms with Crippen molar-refractivity contribution in [3.05, 3.63) is 71.0 Å². The van der Waals surface area contributed by atoms with E-state index in [0.717, 1.165) is 24.8 Å². The van der Waals surface area contributed by atoms with E-state index in [9.17, 15) is 14.0 Å². The van der Waals surface area contributed by atoms with Crippen LogP contribution < -0.4 is 0 Å². The van der Waals surface area contributed by atoms with Gasteiger partial charge < -0.3 is 14.5 Å². The largest absolute Gasteiger partial charge is 0.370 e. The summed E-state index contributed by atoms with van der Waals surface area (Å²) in [5, 5.41) is 0. The zero-order valence-corrected chi connectivity index (χ0v) is 19.8. The van der Waals surface area contributed by atoms with Crippen LogP contribution in [-0.4, -0.2) is 60.5 Å². The van der Waals surface area contributed by atoms with E-state index in [0.29, 0.717) is 38.5 Å². The normalized spacial score (nSPS) is 24.6. The minimum absolute atomic E-state index is 0.0867. The first-order chi connectivity index (χ1) is 16.5. The molecule has 2 amide bonds. The van der Waals surface area contributed by atoms with Gasteiger partial charge in [-0.2, -0.15) is 0 Å². The number of Topliss-reactive ketones (excluding diaryl/α,β-unsaturated/α-hetero) is 1. The van der Waals surface area contributed by atoms with Crippen LogP contribution in [0.3, 0.4) is 0 Å². The molecule has 3 aliphatic rings. The highest BCUT2D eigenvalue weighted by Gasteiger charge is 2.39. The summed E-state index contributed by atoms with van der Waals surface area (Å²) in [6, 6.07) is 15.6. The molecule has 180 valence electrons. The number of likely N-dealkylation sites (tertiary alicyclic amines) is 2. The van der Waals surface area contributed by atoms with E-state index < -0.39 is 0 Å². The number of urea groups is 1. The van der Waals surface area contributed by atoms with Crippen LogP contribution in [-0.2, 0) is 9.53 Å². The summed E-state index contributed by atoms with van der Waals surface area (Å²) >= 11 is 0. The Morgan fingerprint density at radius 1 is 0.941 bits per heavy atom. The SMILES string of the molecule is Cc1ccc([C@H](c2ccc(F)cc2)C2CCN(C(=O)N3CC[C@@H]4OCC(=O)C[C@@H]4C3)CC2)cc1. The Morgan fingerprint density at radius 3 is 2.24 bits per heavy atom. The van der Waals surface area contributed by atoms with E-state index in [1.54, 1.807) is 12.1 Å². The summed E-state index contributed by atoms with van der Waals surface area (Å²) in [6.45, 7) is 5.03. The lowest BCUT2D eigenvalue weighted by Crippen LogP contribution is -2.54. The van der Waals surface area contributed by atoms with Gasteiger partial charge in [-0.3, -0.25) is 4.79 Å². The van der Waals surface area contributed by atoms with Crippen LogP contribution in [0.15, 0.2) is 48.5 Å². The van der Waals surface area contributed by atoms with Crippen molar-refractivity contribution in [1.29, 1.82) is 0 Å². The summed E-state index contributed by atoms with van der Waals surface area (Å²) in [5.74, 6) is 0.604. The van der Waals surface area contributed by atoms with Crippen molar-refractivity contribution in [2.75, 3.05) is 32.8 Å². The number of ketones is 1. The van der Waals surface area contributed by atoms with Crippen LogP contribution in [0.2, 0.25) is 0 Å². The molecule has 0 radical (unpaired) electrons. The molecular formula is C28H33FN2O3. The molecule has 0 N–H and O–H groups in total. The Labute approximate surface area is 200 Å². The molecule has 34 heavy (non-hydrogen) atoms. The average Bonchev–Trinajstić information content (AvgIpc) is 2.86. The van der Waals surface area contributed by atoms with Crippen LogP contribution in [0.5, 0.6) is 0 Å². The molecule has 2 aromatic rings. The molecule has 3 heterocycles. The lowest BCUT2D eigenvalue weighted by Gasteiger charge is -2.43. The summed E-state index contributed by atoms with van der Waals surface area (Å²) in [4.78, 5) is 29.0.